The fraction of sp³-hybridized carbons (Fsp3) is 0.333. The minimum absolute atomic E-state index is 0.00712. The maximum atomic E-state index is 12.0. The van der Waals surface area contributed by atoms with Crippen LogP contribution in [0.1, 0.15) is 23.8 Å². The number of fused-ring (bicyclic) bond motifs is 1. The van der Waals surface area contributed by atoms with Gasteiger partial charge in [0.2, 0.25) is 0 Å². The first kappa shape index (κ1) is 13.9. The summed E-state index contributed by atoms with van der Waals surface area (Å²) < 4.78 is 0. The number of nitro groups is 1. The number of amides is 1. The van der Waals surface area contributed by atoms with Crippen LogP contribution in [-0.2, 0) is 0 Å². The van der Waals surface area contributed by atoms with E-state index in [9.17, 15) is 14.9 Å². The van der Waals surface area contributed by atoms with Gasteiger partial charge in [0, 0.05) is 30.1 Å². The third-order valence-corrected chi connectivity index (χ3v) is 2.86. The van der Waals surface area contributed by atoms with Crippen LogP contribution in [0.15, 0.2) is 18.2 Å². The number of benzene rings is 1. The Morgan fingerprint density at radius 1 is 1.60 bits per heavy atom. The van der Waals surface area contributed by atoms with Gasteiger partial charge in [-0.15, -0.1) is 0 Å². The monoisotopic (exact) mass is 277 g/mol. The molecule has 0 radical (unpaired) electrons. The van der Waals surface area contributed by atoms with Crippen LogP contribution in [0.4, 0.5) is 5.69 Å². The lowest BCUT2D eigenvalue weighted by atomic mass is 10.2. The molecule has 1 heterocycles. The molecule has 20 heavy (non-hydrogen) atoms. The minimum Gasteiger partial charge on any atom is -0.351 e. The Labute approximate surface area is 114 Å². The van der Waals surface area contributed by atoms with Gasteiger partial charge < -0.3 is 11.1 Å². The lowest BCUT2D eigenvalue weighted by Gasteiger charge is -2.05. The quantitative estimate of drug-likeness (QED) is 0.553. The Morgan fingerprint density at radius 3 is 3.00 bits per heavy atom. The van der Waals surface area contributed by atoms with E-state index in [2.05, 4.69) is 15.5 Å². The summed E-state index contributed by atoms with van der Waals surface area (Å²) in [6.45, 7) is 2.28. The highest BCUT2D eigenvalue weighted by Crippen LogP contribution is 2.21. The van der Waals surface area contributed by atoms with E-state index in [1.165, 1.54) is 18.2 Å². The van der Waals surface area contributed by atoms with Crippen LogP contribution >= 0.6 is 0 Å². The number of carbonyl (C=O) groups excluding carboxylic acids is 1. The van der Waals surface area contributed by atoms with Crippen molar-refractivity contribution in [2.75, 3.05) is 6.54 Å². The molecular weight excluding hydrogens is 262 g/mol. The third-order valence-electron chi connectivity index (χ3n) is 2.86. The van der Waals surface area contributed by atoms with Gasteiger partial charge in [0.25, 0.3) is 11.6 Å². The van der Waals surface area contributed by atoms with Gasteiger partial charge in [0.15, 0.2) is 5.69 Å². The summed E-state index contributed by atoms with van der Waals surface area (Å²) >= 11 is 0. The van der Waals surface area contributed by atoms with Gasteiger partial charge in [-0.2, -0.15) is 5.10 Å². The zero-order valence-electron chi connectivity index (χ0n) is 10.9. The summed E-state index contributed by atoms with van der Waals surface area (Å²) in [5, 5.41) is 20.4. The van der Waals surface area contributed by atoms with Gasteiger partial charge in [-0.05, 0) is 19.4 Å². The molecule has 1 atom stereocenters. The number of nitrogens with two attached hydrogens (primary N) is 1. The lowest BCUT2D eigenvalue weighted by molar-refractivity contribution is -0.384. The van der Waals surface area contributed by atoms with E-state index in [0.717, 1.165) is 0 Å². The number of nitrogens with one attached hydrogen (secondary N) is 2. The summed E-state index contributed by atoms with van der Waals surface area (Å²) in [5.74, 6) is -0.377. The second-order valence-electron chi connectivity index (χ2n) is 4.58. The molecule has 0 aliphatic rings. The molecule has 0 aliphatic carbocycles. The van der Waals surface area contributed by atoms with Crippen LogP contribution in [0, 0.1) is 10.1 Å². The smallest absolute Gasteiger partial charge is 0.272 e. The number of hydrogen-bond donors (Lipinski definition) is 3. The van der Waals surface area contributed by atoms with Crippen LogP contribution in [0.5, 0.6) is 0 Å². The fourth-order valence-electron chi connectivity index (χ4n) is 1.79. The number of aromatic nitrogens is 2. The van der Waals surface area contributed by atoms with Crippen LogP contribution < -0.4 is 11.1 Å². The molecule has 0 saturated heterocycles. The molecule has 106 valence electrons. The van der Waals surface area contributed by atoms with Gasteiger partial charge in [0.1, 0.15) is 0 Å². The maximum Gasteiger partial charge on any atom is 0.272 e. The molecule has 0 aliphatic heterocycles. The molecule has 0 saturated carbocycles. The van der Waals surface area contributed by atoms with Crippen molar-refractivity contribution < 1.29 is 9.72 Å². The van der Waals surface area contributed by atoms with Crippen molar-refractivity contribution in [3.05, 3.63) is 34.0 Å². The molecule has 1 aromatic heterocycles. The van der Waals surface area contributed by atoms with Crippen molar-refractivity contribution in [1.82, 2.24) is 15.5 Å². The Balaban J connectivity index is 2.23. The minimum atomic E-state index is -0.510. The molecule has 0 spiro atoms. The molecule has 8 heteroatoms. The van der Waals surface area contributed by atoms with Gasteiger partial charge >= 0.3 is 0 Å². The fourth-order valence-corrected chi connectivity index (χ4v) is 1.79. The van der Waals surface area contributed by atoms with Crippen molar-refractivity contribution in [3.8, 4) is 0 Å². The molecule has 0 bridgehead atoms. The predicted molar refractivity (Wildman–Crippen MR) is 73.3 cm³/mol. The Morgan fingerprint density at radius 2 is 2.35 bits per heavy atom. The highest BCUT2D eigenvalue weighted by molar-refractivity contribution is 6.05. The van der Waals surface area contributed by atoms with Crippen LogP contribution in [0.3, 0.4) is 0 Å². The Bertz CT molecular complexity index is 650. The topological polar surface area (TPSA) is 127 Å². The van der Waals surface area contributed by atoms with E-state index in [1.807, 2.05) is 6.92 Å². The van der Waals surface area contributed by atoms with Gasteiger partial charge in [0.05, 0.1) is 10.4 Å². The second kappa shape index (κ2) is 5.66. The zero-order chi connectivity index (χ0) is 14.7. The molecule has 2 rings (SSSR count). The number of carbonyl (C=O) groups is 1. The molecule has 2 aromatic rings. The molecule has 1 aromatic carbocycles. The van der Waals surface area contributed by atoms with Gasteiger partial charge in [-0.25, -0.2) is 0 Å². The first-order valence-corrected chi connectivity index (χ1v) is 6.15. The number of hydrogen-bond acceptors (Lipinski definition) is 5. The van der Waals surface area contributed by atoms with Crippen molar-refractivity contribution in [1.29, 1.82) is 0 Å². The first-order valence-electron chi connectivity index (χ1n) is 6.15. The Hall–Kier alpha value is -2.48. The largest absolute Gasteiger partial charge is 0.351 e. The van der Waals surface area contributed by atoms with Crippen LogP contribution in [-0.4, -0.2) is 33.6 Å². The highest BCUT2D eigenvalue weighted by Gasteiger charge is 2.16. The molecular formula is C12H15N5O3. The number of nitrogens with zero attached hydrogens (tertiary/aromatic N) is 2. The average Bonchev–Trinajstić information content (AvgIpc) is 2.80. The normalized spacial score (nSPS) is 12.3. The molecule has 1 amide bonds. The summed E-state index contributed by atoms with van der Waals surface area (Å²) in [6, 6.07) is 4.21. The van der Waals surface area contributed by atoms with Crippen molar-refractivity contribution in [2.24, 2.45) is 5.73 Å². The van der Waals surface area contributed by atoms with Gasteiger partial charge in [-0.1, -0.05) is 0 Å². The lowest BCUT2D eigenvalue weighted by Crippen LogP contribution is -2.29. The van der Waals surface area contributed by atoms with E-state index >= 15 is 0 Å². The van der Waals surface area contributed by atoms with Crippen molar-refractivity contribution >= 4 is 22.5 Å². The summed E-state index contributed by atoms with van der Waals surface area (Å²) in [5.41, 5.74) is 6.24. The summed E-state index contributed by atoms with van der Waals surface area (Å²) in [4.78, 5) is 22.2. The van der Waals surface area contributed by atoms with Gasteiger partial charge in [-0.3, -0.25) is 20.0 Å². The zero-order valence-corrected chi connectivity index (χ0v) is 10.9. The predicted octanol–water partition coefficient (Wildman–Crippen LogP) is 0.938. The molecule has 4 N–H and O–H groups in total. The standard InChI is InChI=1S/C12H15N5O3/c1-7(13)4-5-14-12(18)11-9-6-8(17(19)20)2-3-10(9)15-16-11/h2-3,6-7H,4-5,13H2,1H3,(H,14,18)(H,15,16). The van der Waals surface area contributed by atoms with Crippen molar-refractivity contribution in [3.63, 3.8) is 0 Å². The summed E-state index contributed by atoms with van der Waals surface area (Å²) in [6.07, 6.45) is 0.647. The number of rotatable bonds is 5. The highest BCUT2D eigenvalue weighted by atomic mass is 16.6. The number of aromatic amines is 1. The summed E-state index contributed by atoms with van der Waals surface area (Å²) in [7, 11) is 0. The number of H-pyrrole nitrogens is 1. The van der Waals surface area contributed by atoms with Crippen LogP contribution in [0.2, 0.25) is 0 Å². The van der Waals surface area contributed by atoms with Crippen molar-refractivity contribution in [2.45, 2.75) is 19.4 Å². The number of nitro benzene ring substituents is 1. The average molecular weight is 277 g/mol. The van der Waals surface area contributed by atoms with E-state index in [4.69, 9.17) is 5.73 Å². The molecule has 8 nitrogen and oxygen atoms in total. The van der Waals surface area contributed by atoms with E-state index < -0.39 is 4.92 Å². The maximum absolute atomic E-state index is 12.0. The van der Waals surface area contributed by atoms with E-state index in [1.54, 1.807) is 0 Å². The van der Waals surface area contributed by atoms with E-state index in [0.29, 0.717) is 23.9 Å². The molecule has 1 unspecified atom stereocenters. The Kier molecular flexibility index (Phi) is 3.94. The molecule has 0 fully saturated rings. The second-order valence-corrected chi connectivity index (χ2v) is 4.58. The van der Waals surface area contributed by atoms with E-state index in [-0.39, 0.29) is 23.3 Å². The first-order chi connectivity index (χ1) is 9.49. The van der Waals surface area contributed by atoms with Crippen LogP contribution in [0.25, 0.3) is 10.9 Å². The SMILES string of the molecule is CC(N)CCNC(=O)c1n[nH]c2ccc([N+](=O)[O-])cc12. The number of non-ortho nitro benzene ring substituents is 1. The third kappa shape index (κ3) is 2.91.